The van der Waals surface area contributed by atoms with Crippen LogP contribution in [0, 0.1) is 0 Å². The molecule has 0 aromatic carbocycles. The molecule has 3 N–H and O–H groups in total. The molecule has 0 saturated carbocycles. The van der Waals surface area contributed by atoms with Crippen LogP contribution in [0.3, 0.4) is 0 Å². The van der Waals surface area contributed by atoms with Crippen LogP contribution in [0.2, 0.25) is 0 Å². The van der Waals surface area contributed by atoms with Gasteiger partial charge >= 0.3 is 23.6 Å². The molecule has 1 aliphatic rings. The minimum absolute atomic E-state index is 0.000791. The summed E-state index contributed by atoms with van der Waals surface area (Å²) < 4.78 is 44.0. The van der Waals surface area contributed by atoms with Gasteiger partial charge in [-0.2, -0.15) is 13.8 Å². The number of nitrogen functional groups attached to an aromatic ring is 1. The van der Waals surface area contributed by atoms with E-state index in [1.165, 1.54) is 6.92 Å². The maximum absolute atomic E-state index is 14.7. The van der Waals surface area contributed by atoms with E-state index in [4.69, 9.17) is 10.5 Å². The van der Waals surface area contributed by atoms with Crippen LogP contribution < -0.4 is 11.4 Å². The van der Waals surface area contributed by atoms with Crippen LogP contribution in [0.4, 0.5) is 14.6 Å². The van der Waals surface area contributed by atoms with E-state index in [0.29, 0.717) is 4.57 Å². The van der Waals surface area contributed by atoms with Gasteiger partial charge in [-0.15, -0.1) is 0 Å². The Morgan fingerprint density at radius 3 is 2.74 bits per heavy atom. The van der Waals surface area contributed by atoms with Crippen LogP contribution in [0.15, 0.2) is 29.2 Å². The van der Waals surface area contributed by atoms with E-state index in [9.17, 15) is 28.3 Å². The number of aromatic nitrogens is 2. The molecule has 12 heteroatoms. The highest BCUT2D eigenvalue weighted by Crippen LogP contribution is 2.43. The lowest BCUT2D eigenvalue weighted by Gasteiger charge is -2.23. The van der Waals surface area contributed by atoms with Crippen LogP contribution in [0.5, 0.6) is 0 Å². The van der Waals surface area contributed by atoms with Gasteiger partial charge in [-0.1, -0.05) is 6.58 Å². The van der Waals surface area contributed by atoms with E-state index < -0.39 is 55.2 Å². The Morgan fingerprint density at radius 1 is 1.52 bits per heavy atom. The molecule has 2 heterocycles. The topological polar surface area (TPSA) is 143 Å². The number of aliphatic hydroxyl groups is 1. The van der Waals surface area contributed by atoms with Crippen LogP contribution in [0.1, 0.15) is 13.2 Å². The van der Waals surface area contributed by atoms with Gasteiger partial charge in [0.05, 0.1) is 6.61 Å². The van der Waals surface area contributed by atoms with Gasteiger partial charge in [-0.25, -0.2) is 14.4 Å². The summed E-state index contributed by atoms with van der Waals surface area (Å²) in [5.74, 6) is -6.28. The first kappa shape index (κ1) is 20.5. The van der Waals surface area contributed by atoms with E-state index >= 15 is 0 Å². The van der Waals surface area contributed by atoms with E-state index in [0.717, 1.165) is 12.3 Å². The molecule has 0 bridgehead atoms. The first-order valence-corrected chi connectivity index (χ1v) is 7.58. The van der Waals surface area contributed by atoms with Crippen LogP contribution in [0.25, 0.3) is 0 Å². The van der Waals surface area contributed by atoms with Crippen LogP contribution in [-0.2, 0) is 23.8 Å². The van der Waals surface area contributed by atoms with Crippen molar-refractivity contribution >= 4 is 17.8 Å². The van der Waals surface area contributed by atoms with Crippen LogP contribution in [-0.4, -0.2) is 57.9 Å². The normalized spacial score (nSPS) is 23.6. The lowest BCUT2D eigenvalue weighted by atomic mass is 10.1. The Bertz CT molecular complexity index is 811. The molecule has 1 aliphatic heterocycles. The second-order valence-corrected chi connectivity index (χ2v) is 5.69. The first-order chi connectivity index (χ1) is 12.6. The number of ether oxygens (including phenoxy) is 3. The SMILES string of the molecule is C=C(C)C(=O)OCC(=O)OC1[C@@H](CO)O[C@@H](n2ccc(N)nc2=O)C1(F)F. The maximum atomic E-state index is 14.7. The van der Waals surface area contributed by atoms with Crippen molar-refractivity contribution < 1.29 is 37.7 Å². The van der Waals surface area contributed by atoms with Gasteiger partial charge in [0.1, 0.15) is 11.9 Å². The molecule has 1 saturated heterocycles. The van der Waals surface area contributed by atoms with E-state index in [-0.39, 0.29) is 11.4 Å². The fourth-order valence-electron chi connectivity index (χ4n) is 2.29. The predicted molar refractivity (Wildman–Crippen MR) is 84.5 cm³/mol. The molecule has 1 aromatic heterocycles. The highest BCUT2D eigenvalue weighted by atomic mass is 19.3. The Morgan fingerprint density at radius 2 is 2.19 bits per heavy atom. The highest BCUT2D eigenvalue weighted by molar-refractivity contribution is 5.88. The fraction of sp³-hybridized carbons (Fsp3) is 0.467. The predicted octanol–water partition coefficient (Wildman–Crippen LogP) is -0.618. The molecule has 1 unspecified atom stereocenters. The van der Waals surface area contributed by atoms with Crippen molar-refractivity contribution in [1.29, 1.82) is 0 Å². The number of carbonyl (C=O) groups is 2. The number of carbonyl (C=O) groups excluding carboxylic acids is 2. The summed E-state index contributed by atoms with van der Waals surface area (Å²) in [5.41, 5.74) is 4.20. The Balaban J connectivity index is 2.18. The number of anilines is 1. The molecule has 27 heavy (non-hydrogen) atoms. The van der Waals surface area contributed by atoms with Crippen molar-refractivity contribution in [2.24, 2.45) is 0 Å². The lowest BCUT2D eigenvalue weighted by Crippen LogP contribution is -2.45. The number of nitrogens with zero attached hydrogens (tertiary/aromatic N) is 2. The van der Waals surface area contributed by atoms with Gasteiger partial charge in [0.25, 0.3) is 0 Å². The third kappa shape index (κ3) is 4.28. The van der Waals surface area contributed by atoms with Crippen molar-refractivity contribution in [3.63, 3.8) is 0 Å². The summed E-state index contributed by atoms with van der Waals surface area (Å²) in [7, 11) is 0. The summed E-state index contributed by atoms with van der Waals surface area (Å²) in [6.45, 7) is 2.76. The number of hydrogen-bond acceptors (Lipinski definition) is 9. The van der Waals surface area contributed by atoms with Crippen LogP contribution >= 0.6 is 0 Å². The highest BCUT2D eigenvalue weighted by Gasteiger charge is 2.62. The standard InChI is InChI=1S/C15H17F2N3O7/c1-7(2)12(23)25-6-10(22)27-11-8(5-21)26-13(15(11,16)17)20-4-3-9(18)19-14(20)24/h3-4,8,11,13,21H,1,5-6H2,2H3,(H2,18,19,24)/t8-,11?,13-/m1/s1. The van der Waals surface area contributed by atoms with E-state index in [1.807, 2.05) is 0 Å². The van der Waals surface area contributed by atoms with Crippen molar-refractivity contribution in [3.05, 3.63) is 34.9 Å². The van der Waals surface area contributed by atoms with Gasteiger partial charge in [-0.05, 0) is 13.0 Å². The zero-order chi connectivity index (χ0) is 20.4. The van der Waals surface area contributed by atoms with Crippen molar-refractivity contribution in [2.75, 3.05) is 18.9 Å². The molecule has 10 nitrogen and oxygen atoms in total. The molecule has 3 atom stereocenters. The Labute approximate surface area is 151 Å². The molecule has 0 aliphatic carbocycles. The first-order valence-electron chi connectivity index (χ1n) is 7.58. The van der Waals surface area contributed by atoms with Gasteiger partial charge < -0.3 is 25.1 Å². The smallest absolute Gasteiger partial charge is 0.351 e. The van der Waals surface area contributed by atoms with Gasteiger partial charge in [-0.3, -0.25) is 4.57 Å². The molecule has 148 valence electrons. The average molecular weight is 389 g/mol. The number of aliphatic hydroxyl groups excluding tert-OH is 1. The minimum atomic E-state index is -3.90. The summed E-state index contributed by atoms with van der Waals surface area (Å²) in [6.07, 6.45) is -5.11. The third-order valence-electron chi connectivity index (χ3n) is 3.56. The summed E-state index contributed by atoms with van der Waals surface area (Å²) >= 11 is 0. The minimum Gasteiger partial charge on any atom is -0.450 e. The fourth-order valence-corrected chi connectivity index (χ4v) is 2.29. The van der Waals surface area contributed by atoms with Crippen molar-refractivity contribution in [1.82, 2.24) is 9.55 Å². The van der Waals surface area contributed by atoms with Crippen molar-refractivity contribution in [2.45, 2.75) is 31.3 Å². The molecule has 2 rings (SSSR count). The van der Waals surface area contributed by atoms with Crippen molar-refractivity contribution in [3.8, 4) is 0 Å². The monoisotopic (exact) mass is 389 g/mol. The largest absolute Gasteiger partial charge is 0.450 e. The number of nitrogens with two attached hydrogens (primary N) is 1. The molecule has 0 spiro atoms. The molecule has 0 radical (unpaired) electrons. The van der Waals surface area contributed by atoms with Gasteiger partial charge in [0.2, 0.25) is 6.23 Å². The molecular weight excluding hydrogens is 372 g/mol. The molecular formula is C15H17F2N3O7. The quantitative estimate of drug-likeness (QED) is 0.481. The summed E-state index contributed by atoms with van der Waals surface area (Å²) in [4.78, 5) is 38.1. The third-order valence-corrected chi connectivity index (χ3v) is 3.56. The Hall–Kier alpha value is -2.86. The number of rotatable bonds is 6. The number of halogens is 2. The number of alkyl halides is 2. The number of esters is 2. The molecule has 0 amide bonds. The molecule has 1 fully saturated rings. The summed E-state index contributed by atoms with van der Waals surface area (Å²) in [6, 6.07) is 1.10. The zero-order valence-corrected chi connectivity index (χ0v) is 14.1. The van der Waals surface area contributed by atoms with Gasteiger partial charge in [0.15, 0.2) is 12.7 Å². The second-order valence-electron chi connectivity index (χ2n) is 5.69. The second kappa shape index (κ2) is 7.80. The summed E-state index contributed by atoms with van der Waals surface area (Å²) in [5, 5.41) is 9.28. The lowest BCUT2D eigenvalue weighted by molar-refractivity contribution is -0.181. The average Bonchev–Trinajstić information content (AvgIpc) is 2.83. The zero-order valence-electron chi connectivity index (χ0n) is 14.1. The van der Waals surface area contributed by atoms with E-state index in [2.05, 4.69) is 21.0 Å². The number of hydrogen-bond donors (Lipinski definition) is 2. The van der Waals surface area contributed by atoms with Gasteiger partial charge in [0, 0.05) is 11.8 Å². The Kier molecular flexibility index (Phi) is 5.91. The molecule has 1 aromatic rings. The van der Waals surface area contributed by atoms with E-state index in [1.54, 1.807) is 0 Å². The maximum Gasteiger partial charge on any atom is 0.351 e.